The molecule has 3 N–H and O–H groups in total. The Hall–Kier alpha value is -2.36. The van der Waals surface area contributed by atoms with E-state index in [0.717, 1.165) is 5.56 Å². The monoisotopic (exact) mass is 375 g/mol. The Morgan fingerprint density at radius 2 is 2.08 bits per heavy atom. The fraction of sp³-hybridized carbons (Fsp3) is 0.235. The number of ether oxygens (including phenoxy) is 1. The zero-order valence-electron chi connectivity index (χ0n) is 14.1. The molecule has 3 rings (SSSR count). The molecule has 136 valence electrons. The summed E-state index contributed by atoms with van der Waals surface area (Å²) in [5, 5.41) is 9.79. The molecule has 0 bridgehead atoms. The van der Waals surface area contributed by atoms with Crippen molar-refractivity contribution in [1.82, 2.24) is 0 Å². The van der Waals surface area contributed by atoms with Crippen molar-refractivity contribution in [2.24, 2.45) is 0 Å². The quantitative estimate of drug-likeness (QED) is 0.435. The molecule has 7 nitrogen and oxygen atoms in total. The number of esters is 1. The van der Waals surface area contributed by atoms with Gasteiger partial charge in [-0.05, 0) is 40.4 Å². The fourth-order valence-corrected chi connectivity index (χ4v) is 4.50. The number of hydrogen-bond donors (Lipinski definition) is 2. The summed E-state index contributed by atoms with van der Waals surface area (Å²) in [6.07, 6.45) is -0.188. The average molecular weight is 375 g/mol. The summed E-state index contributed by atoms with van der Waals surface area (Å²) >= 11 is 0. The van der Waals surface area contributed by atoms with Gasteiger partial charge >= 0.3 is 13.1 Å². The molecule has 0 saturated heterocycles. The standard InChI is InChI=1S/C17H18BNO6S/c1-24-17(20)8-13-7-14(19)4-5-16(13)26(22,23)10-11-2-3-12-9-25-18(21)15(12)6-11/h2-7,21H,8-10,19H2,1H3. The predicted octanol–water partition coefficient (Wildman–Crippen LogP) is 0.176. The first kappa shape index (κ1) is 18.4. The summed E-state index contributed by atoms with van der Waals surface area (Å²) in [5.41, 5.74) is 8.31. The smallest absolute Gasteiger partial charge is 0.469 e. The predicted molar refractivity (Wildman–Crippen MR) is 96.3 cm³/mol. The van der Waals surface area contributed by atoms with Crippen LogP contribution in [-0.4, -0.2) is 33.6 Å². The lowest BCUT2D eigenvalue weighted by Crippen LogP contribution is -2.28. The van der Waals surface area contributed by atoms with Gasteiger partial charge in [-0.3, -0.25) is 4.79 Å². The van der Waals surface area contributed by atoms with Gasteiger partial charge in [-0.1, -0.05) is 18.2 Å². The highest BCUT2D eigenvalue weighted by atomic mass is 32.2. The third-order valence-corrected chi connectivity index (χ3v) is 5.99. The van der Waals surface area contributed by atoms with E-state index in [2.05, 4.69) is 4.74 Å². The zero-order chi connectivity index (χ0) is 18.9. The molecule has 0 fully saturated rings. The number of rotatable bonds is 5. The number of fused-ring (bicyclic) bond motifs is 1. The minimum Gasteiger partial charge on any atom is -0.469 e. The molecule has 0 aromatic heterocycles. The first-order chi connectivity index (χ1) is 12.3. The Balaban J connectivity index is 1.94. The van der Waals surface area contributed by atoms with Gasteiger partial charge in [-0.25, -0.2) is 8.42 Å². The lowest BCUT2D eigenvalue weighted by Gasteiger charge is -2.12. The zero-order valence-corrected chi connectivity index (χ0v) is 15.0. The van der Waals surface area contributed by atoms with E-state index in [9.17, 15) is 18.2 Å². The number of carbonyl (C=O) groups excluding carboxylic acids is 1. The van der Waals surface area contributed by atoms with Gasteiger partial charge in [0.1, 0.15) is 0 Å². The van der Waals surface area contributed by atoms with Gasteiger partial charge in [-0.2, -0.15) is 0 Å². The Bertz CT molecular complexity index is 960. The van der Waals surface area contributed by atoms with Gasteiger partial charge in [0.2, 0.25) is 0 Å². The normalized spacial score (nSPS) is 13.5. The Morgan fingerprint density at radius 3 is 2.81 bits per heavy atom. The molecule has 0 atom stereocenters. The first-order valence-electron chi connectivity index (χ1n) is 7.89. The van der Waals surface area contributed by atoms with Crippen LogP contribution in [-0.2, 0) is 42.8 Å². The largest absolute Gasteiger partial charge is 0.491 e. The molecule has 2 aromatic carbocycles. The van der Waals surface area contributed by atoms with Crippen molar-refractivity contribution in [2.75, 3.05) is 12.8 Å². The number of benzene rings is 2. The second-order valence-corrected chi connectivity index (χ2v) is 8.03. The molecule has 1 aliphatic heterocycles. The maximum atomic E-state index is 12.9. The maximum absolute atomic E-state index is 12.9. The van der Waals surface area contributed by atoms with Crippen LogP contribution in [0.15, 0.2) is 41.3 Å². The van der Waals surface area contributed by atoms with Crippen LogP contribution in [0, 0.1) is 0 Å². The van der Waals surface area contributed by atoms with Gasteiger partial charge in [0.05, 0.1) is 30.8 Å². The number of carbonyl (C=O) groups is 1. The number of nitrogens with two attached hydrogens (primary N) is 1. The molecule has 0 saturated carbocycles. The van der Waals surface area contributed by atoms with Gasteiger partial charge < -0.3 is 20.1 Å². The first-order valence-corrected chi connectivity index (χ1v) is 9.55. The highest BCUT2D eigenvalue weighted by molar-refractivity contribution is 7.90. The van der Waals surface area contributed by atoms with Crippen LogP contribution >= 0.6 is 0 Å². The van der Waals surface area contributed by atoms with Crippen LogP contribution < -0.4 is 11.2 Å². The van der Waals surface area contributed by atoms with Crippen LogP contribution in [0.5, 0.6) is 0 Å². The third kappa shape index (κ3) is 3.74. The minimum absolute atomic E-state index is 0.0365. The van der Waals surface area contributed by atoms with E-state index in [4.69, 9.17) is 10.4 Å². The molecule has 0 radical (unpaired) electrons. The van der Waals surface area contributed by atoms with Crippen molar-refractivity contribution in [2.45, 2.75) is 23.7 Å². The number of anilines is 1. The highest BCUT2D eigenvalue weighted by Gasteiger charge is 2.28. The molecule has 26 heavy (non-hydrogen) atoms. The molecule has 0 aliphatic carbocycles. The van der Waals surface area contributed by atoms with Crippen molar-refractivity contribution >= 4 is 34.1 Å². The van der Waals surface area contributed by atoms with E-state index in [1.807, 2.05) is 0 Å². The van der Waals surface area contributed by atoms with Crippen molar-refractivity contribution in [3.63, 3.8) is 0 Å². The Kier molecular flexibility index (Phi) is 5.04. The van der Waals surface area contributed by atoms with Crippen LogP contribution in [0.4, 0.5) is 5.69 Å². The summed E-state index contributed by atoms with van der Waals surface area (Å²) in [6.45, 7) is 0.296. The summed E-state index contributed by atoms with van der Waals surface area (Å²) in [6, 6.07) is 9.40. The van der Waals surface area contributed by atoms with Crippen LogP contribution in [0.1, 0.15) is 16.7 Å². The summed E-state index contributed by atoms with van der Waals surface area (Å²) < 4.78 is 35.5. The molecule has 2 aromatic rings. The van der Waals surface area contributed by atoms with E-state index in [1.165, 1.54) is 25.3 Å². The average Bonchev–Trinajstić information content (AvgIpc) is 2.95. The van der Waals surface area contributed by atoms with Crippen molar-refractivity contribution in [1.29, 1.82) is 0 Å². The molecular weight excluding hydrogens is 357 g/mol. The minimum atomic E-state index is -3.74. The van der Waals surface area contributed by atoms with Gasteiger partial charge in [0.25, 0.3) is 0 Å². The molecule has 0 amide bonds. The van der Waals surface area contributed by atoms with Gasteiger partial charge in [-0.15, -0.1) is 0 Å². The number of methoxy groups -OCH3 is 1. The lowest BCUT2D eigenvalue weighted by atomic mass is 9.79. The Labute approximate surface area is 151 Å². The molecule has 9 heteroatoms. The van der Waals surface area contributed by atoms with E-state index in [-0.39, 0.29) is 17.1 Å². The van der Waals surface area contributed by atoms with E-state index in [0.29, 0.717) is 28.9 Å². The van der Waals surface area contributed by atoms with Gasteiger partial charge in [0.15, 0.2) is 9.84 Å². The number of hydrogen-bond acceptors (Lipinski definition) is 7. The highest BCUT2D eigenvalue weighted by Crippen LogP contribution is 2.24. The molecule has 1 aliphatic rings. The summed E-state index contributed by atoms with van der Waals surface area (Å²) in [5.74, 6) is -0.824. The second kappa shape index (κ2) is 7.10. The lowest BCUT2D eigenvalue weighted by molar-refractivity contribution is -0.139. The number of sulfone groups is 1. The molecule has 0 unspecified atom stereocenters. The van der Waals surface area contributed by atoms with E-state index >= 15 is 0 Å². The van der Waals surface area contributed by atoms with Crippen molar-refractivity contribution in [3.8, 4) is 0 Å². The molecule has 0 spiro atoms. The van der Waals surface area contributed by atoms with Crippen molar-refractivity contribution < 1.29 is 27.6 Å². The van der Waals surface area contributed by atoms with E-state index in [1.54, 1.807) is 18.2 Å². The maximum Gasteiger partial charge on any atom is 0.491 e. The molecule has 1 heterocycles. The van der Waals surface area contributed by atoms with E-state index < -0.39 is 22.9 Å². The molecular formula is C17H18BNO6S. The fourth-order valence-electron chi connectivity index (χ4n) is 2.92. The van der Waals surface area contributed by atoms with Crippen LogP contribution in [0.25, 0.3) is 0 Å². The summed E-state index contributed by atoms with van der Waals surface area (Å²) in [4.78, 5) is 11.6. The SMILES string of the molecule is COC(=O)Cc1cc(N)ccc1S(=O)(=O)Cc1ccc2c(c1)B(O)OC2. The number of nitrogen functional groups attached to an aromatic ring is 1. The van der Waals surface area contributed by atoms with Gasteiger partial charge in [0, 0.05) is 5.69 Å². The van der Waals surface area contributed by atoms with Crippen LogP contribution in [0.2, 0.25) is 0 Å². The van der Waals surface area contributed by atoms with Crippen molar-refractivity contribution in [3.05, 3.63) is 53.1 Å². The summed E-state index contributed by atoms with van der Waals surface area (Å²) in [7, 11) is -3.54. The van der Waals surface area contributed by atoms with Crippen LogP contribution in [0.3, 0.4) is 0 Å². The topological polar surface area (TPSA) is 116 Å². The second-order valence-electron chi connectivity index (χ2n) is 6.08. The Morgan fingerprint density at radius 1 is 1.31 bits per heavy atom. The third-order valence-electron chi connectivity index (χ3n) is 4.21.